The van der Waals surface area contributed by atoms with Gasteiger partial charge in [-0.1, -0.05) is 79.9 Å². The molecule has 3 aromatic rings. The van der Waals surface area contributed by atoms with E-state index in [9.17, 15) is 4.79 Å². The van der Waals surface area contributed by atoms with Crippen molar-refractivity contribution in [3.63, 3.8) is 0 Å². The molecule has 2 aromatic carbocycles. The maximum atomic E-state index is 10.5. The Labute approximate surface area is 172 Å². The Morgan fingerprint density at radius 3 is 2.07 bits per heavy atom. The fraction of sp³-hybridized carbons (Fsp3) is 0.280. The van der Waals surface area contributed by atoms with E-state index in [1.807, 2.05) is 42.5 Å². The van der Waals surface area contributed by atoms with Crippen molar-refractivity contribution in [3.8, 4) is 28.3 Å². The predicted molar refractivity (Wildman–Crippen MR) is 116 cm³/mol. The van der Waals surface area contributed by atoms with Crippen LogP contribution in [0.25, 0.3) is 22.4 Å². The fourth-order valence-electron chi connectivity index (χ4n) is 3.27. The molecule has 0 radical (unpaired) electrons. The first-order valence-corrected chi connectivity index (χ1v) is 10.2. The van der Waals surface area contributed by atoms with Crippen molar-refractivity contribution >= 4 is 5.97 Å². The van der Waals surface area contributed by atoms with E-state index in [2.05, 4.69) is 30.3 Å². The van der Waals surface area contributed by atoms with Gasteiger partial charge in [-0.05, 0) is 24.5 Å². The first-order chi connectivity index (χ1) is 14.2. The number of carbonyl (C=O) groups is 1. The Kier molecular flexibility index (Phi) is 7.81. The molecule has 0 saturated heterocycles. The highest BCUT2D eigenvalue weighted by atomic mass is 16.5. The normalized spacial score (nSPS) is 10.6. The highest BCUT2D eigenvalue weighted by Crippen LogP contribution is 2.32. The lowest BCUT2D eigenvalue weighted by atomic mass is 9.99. The van der Waals surface area contributed by atoms with Crippen LogP contribution in [0, 0.1) is 0 Å². The molecular weight excluding hydrogens is 362 g/mol. The van der Waals surface area contributed by atoms with Gasteiger partial charge in [-0.15, -0.1) is 0 Å². The van der Waals surface area contributed by atoms with E-state index in [0.29, 0.717) is 12.5 Å². The van der Waals surface area contributed by atoms with Crippen LogP contribution in [0.15, 0.2) is 72.8 Å². The van der Waals surface area contributed by atoms with Gasteiger partial charge in [0.1, 0.15) is 0 Å². The van der Waals surface area contributed by atoms with Gasteiger partial charge in [-0.25, -0.2) is 4.98 Å². The Hall–Kier alpha value is -3.14. The molecule has 1 N–H and O–H groups in total. The van der Waals surface area contributed by atoms with Crippen LogP contribution in [-0.2, 0) is 4.79 Å². The van der Waals surface area contributed by atoms with E-state index in [1.54, 1.807) is 0 Å². The molecule has 4 nitrogen and oxygen atoms in total. The second-order valence-corrected chi connectivity index (χ2v) is 7.04. The smallest absolute Gasteiger partial charge is 0.303 e. The monoisotopic (exact) mass is 389 g/mol. The number of pyridine rings is 1. The third kappa shape index (κ3) is 6.46. The van der Waals surface area contributed by atoms with Gasteiger partial charge in [0.05, 0.1) is 12.3 Å². The lowest BCUT2D eigenvalue weighted by Gasteiger charge is -2.12. The largest absolute Gasteiger partial charge is 0.481 e. The highest BCUT2D eigenvalue weighted by Gasteiger charge is 2.11. The molecular formula is C25H27NO3. The van der Waals surface area contributed by atoms with Crippen molar-refractivity contribution < 1.29 is 14.6 Å². The van der Waals surface area contributed by atoms with Crippen molar-refractivity contribution in [1.29, 1.82) is 0 Å². The Morgan fingerprint density at radius 2 is 1.38 bits per heavy atom. The number of carboxylic acids is 1. The quantitative estimate of drug-likeness (QED) is 0.396. The zero-order valence-corrected chi connectivity index (χ0v) is 16.6. The van der Waals surface area contributed by atoms with E-state index in [0.717, 1.165) is 54.5 Å². The van der Waals surface area contributed by atoms with Gasteiger partial charge in [0.15, 0.2) is 0 Å². The average Bonchev–Trinajstić information content (AvgIpc) is 2.76. The minimum atomic E-state index is -0.715. The fourth-order valence-corrected chi connectivity index (χ4v) is 3.27. The van der Waals surface area contributed by atoms with Crippen LogP contribution in [0.5, 0.6) is 5.88 Å². The summed E-state index contributed by atoms with van der Waals surface area (Å²) in [7, 11) is 0. The predicted octanol–water partition coefficient (Wildman–Crippen LogP) is 6.22. The van der Waals surface area contributed by atoms with Crippen LogP contribution in [-0.4, -0.2) is 22.7 Å². The summed E-state index contributed by atoms with van der Waals surface area (Å²) in [6.45, 7) is 0.616. The second-order valence-electron chi connectivity index (χ2n) is 7.04. The van der Waals surface area contributed by atoms with Crippen LogP contribution in [0.2, 0.25) is 0 Å². The van der Waals surface area contributed by atoms with Crippen molar-refractivity contribution in [3.05, 3.63) is 72.8 Å². The lowest BCUT2D eigenvalue weighted by Crippen LogP contribution is -2.01. The molecule has 0 atom stereocenters. The molecule has 0 aliphatic heterocycles. The summed E-state index contributed by atoms with van der Waals surface area (Å²) in [5.41, 5.74) is 4.20. The van der Waals surface area contributed by atoms with E-state index in [4.69, 9.17) is 14.8 Å². The summed E-state index contributed by atoms with van der Waals surface area (Å²) in [6, 6.07) is 24.4. The molecule has 0 unspecified atom stereocenters. The molecule has 0 spiro atoms. The minimum Gasteiger partial charge on any atom is -0.481 e. The standard InChI is InChI=1S/C25H27NO3/c27-24(28)16-10-2-1-3-11-19-29-23-18-17-22(20-12-6-4-7-13-20)25(26-23)21-14-8-5-9-15-21/h4-9,12-15,17-18H,1-3,10-11,16,19H2,(H,27,28). The Balaban J connectivity index is 1.61. The molecule has 0 bridgehead atoms. The van der Waals surface area contributed by atoms with Gasteiger partial charge in [-0.2, -0.15) is 0 Å². The van der Waals surface area contributed by atoms with E-state index >= 15 is 0 Å². The maximum Gasteiger partial charge on any atom is 0.303 e. The first-order valence-electron chi connectivity index (χ1n) is 10.2. The van der Waals surface area contributed by atoms with Gasteiger partial charge in [-0.3, -0.25) is 4.79 Å². The van der Waals surface area contributed by atoms with Crippen LogP contribution in [0.3, 0.4) is 0 Å². The summed E-state index contributed by atoms with van der Waals surface area (Å²) in [6.07, 6.45) is 4.97. The summed E-state index contributed by atoms with van der Waals surface area (Å²) >= 11 is 0. The molecule has 0 amide bonds. The molecule has 4 heteroatoms. The molecule has 0 fully saturated rings. The number of benzene rings is 2. The van der Waals surface area contributed by atoms with Crippen molar-refractivity contribution in [2.75, 3.05) is 6.61 Å². The van der Waals surface area contributed by atoms with Crippen molar-refractivity contribution in [1.82, 2.24) is 4.98 Å². The van der Waals surface area contributed by atoms with Gasteiger partial charge in [0, 0.05) is 23.6 Å². The Morgan fingerprint density at radius 1 is 0.759 bits per heavy atom. The van der Waals surface area contributed by atoms with Crippen molar-refractivity contribution in [2.24, 2.45) is 0 Å². The number of ether oxygens (including phenoxy) is 1. The number of hydrogen-bond acceptors (Lipinski definition) is 3. The third-order valence-electron chi connectivity index (χ3n) is 4.79. The molecule has 3 rings (SSSR count). The number of carboxylic acid groups (broad SMARTS) is 1. The number of nitrogens with zero attached hydrogens (tertiary/aromatic N) is 1. The van der Waals surface area contributed by atoms with Crippen molar-refractivity contribution in [2.45, 2.75) is 38.5 Å². The van der Waals surface area contributed by atoms with Crippen LogP contribution >= 0.6 is 0 Å². The number of unbranched alkanes of at least 4 members (excludes halogenated alkanes) is 4. The number of rotatable bonds is 11. The molecule has 1 heterocycles. The third-order valence-corrected chi connectivity index (χ3v) is 4.79. The minimum absolute atomic E-state index is 0.260. The summed E-state index contributed by atoms with van der Waals surface area (Å²) < 4.78 is 5.90. The summed E-state index contributed by atoms with van der Waals surface area (Å²) in [4.78, 5) is 15.3. The number of hydrogen-bond donors (Lipinski definition) is 1. The molecule has 0 aliphatic carbocycles. The average molecular weight is 389 g/mol. The van der Waals surface area contributed by atoms with E-state index in [1.165, 1.54) is 0 Å². The molecule has 150 valence electrons. The van der Waals surface area contributed by atoms with Gasteiger partial charge >= 0.3 is 5.97 Å². The summed E-state index contributed by atoms with van der Waals surface area (Å²) in [5, 5.41) is 8.65. The van der Waals surface area contributed by atoms with Crippen LogP contribution < -0.4 is 4.74 Å². The van der Waals surface area contributed by atoms with E-state index in [-0.39, 0.29) is 6.42 Å². The van der Waals surface area contributed by atoms with Gasteiger partial charge in [0.2, 0.25) is 5.88 Å². The van der Waals surface area contributed by atoms with Crippen LogP contribution in [0.1, 0.15) is 38.5 Å². The maximum absolute atomic E-state index is 10.5. The lowest BCUT2D eigenvalue weighted by molar-refractivity contribution is -0.137. The van der Waals surface area contributed by atoms with Crippen LogP contribution in [0.4, 0.5) is 0 Å². The van der Waals surface area contributed by atoms with Gasteiger partial charge < -0.3 is 9.84 Å². The number of aliphatic carboxylic acids is 1. The molecule has 29 heavy (non-hydrogen) atoms. The molecule has 1 aromatic heterocycles. The summed E-state index contributed by atoms with van der Waals surface area (Å²) in [5.74, 6) is -0.0815. The molecule has 0 saturated carbocycles. The number of aromatic nitrogens is 1. The zero-order chi connectivity index (χ0) is 20.3. The molecule has 0 aliphatic rings. The topological polar surface area (TPSA) is 59.4 Å². The highest BCUT2D eigenvalue weighted by molar-refractivity contribution is 5.81. The SMILES string of the molecule is O=C(O)CCCCCCCOc1ccc(-c2ccccc2)c(-c2ccccc2)n1. The first kappa shape index (κ1) is 20.6. The second kappa shape index (κ2) is 11.0. The van der Waals surface area contributed by atoms with Gasteiger partial charge in [0.25, 0.3) is 0 Å². The van der Waals surface area contributed by atoms with E-state index < -0.39 is 5.97 Å². The Bertz CT molecular complexity index is 894. The zero-order valence-electron chi connectivity index (χ0n) is 16.6.